The van der Waals surface area contributed by atoms with E-state index in [-0.39, 0.29) is 0 Å². The number of rotatable bonds is 6. The Bertz CT molecular complexity index is 1070. The van der Waals surface area contributed by atoms with Crippen molar-refractivity contribution in [3.8, 4) is 28.2 Å². The minimum absolute atomic E-state index is 0.567. The molecule has 2 heterocycles. The molecule has 0 atom stereocenters. The average molecular weight is 393 g/mol. The summed E-state index contributed by atoms with van der Waals surface area (Å²) in [5.74, 6) is 1.59. The van der Waals surface area contributed by atoms with Crippen LogP contribution in [-0.2, 0) is 6.42 Å². The van der Waals surface area contributed by atoms with Crippen molar-refractivity contribution < 1.29 is 0 Å². The van der Waals surface area contributed by atoms with Crippen LogP contribution in [0.5, 0.6) is 0 Å². The van der Waals surface area contributed by atoms with Gasteiger partial charge in [-0.2, -0.15) is 5.21 Å². The number of nitrogens with zero attached hydrogens (tertiary/aromatic N) is 5. The third-order valence-corrected chi connectivity index (χ3v) is 5.18. The second-order valence-electron chi connectivity index (χ2n) is 6.67. The number of hydrogen-bond donors (Lipinski definition) is 1. The van der Waals surface area contributed by atoms with E-state index in [0.29, 0.717) is 11.0 Å². The lowest BCUT2D eigenvalue weighted by Crippen LogP contribution is -2.03. The van der Waals surface area contributed by atoms with Crippen molar-refractivity contribution in [2.45, 2.75) is 33.1 Å². The van der Waals surface area contributed by atoms with Crippen molar-refractivity contribution in [1.29, 1.82) is 0 Å². The third kappa shape index (κ3) is 3.43. The average Bonchev–Trinajstić information content (AvgIpc) is 3.35. The van der Waals surface area contributed by atoms with Gasteiger partial charge in [0.05, 0.1) is 5.69 Å². The lowest BCUT2D eigenvalue weighted by Gasteiger charge is -2.12. The second kappa shape index (κ2) is 7.94. The Hall–Kier alpha value is -2.99. The van der Waals surface area contributed by atoms with Crippen LogP contribution in [0.4, 0.5) is 0 Å². The summed E-state index contributed by atoms with van der Waals surface area (Å²) in [5.41, 5.74) is 5.11. The monoisotopic (exact) mass is 392 g/mol. The lowest BCUT2D eigenvalue weighted by atomic mass is 9.99. The highest BCUT2D eigenvalue weighted by atomic mass is 35.5. The molecule has 0 radical (unpaired) electrons. The Morgan fingerprint density at radius 3 is 2.46 bits per heavy atom. The zero-order valence-corrected chi connectivity index (χ0v) is 16.6. The molecule has 1 N–H and O–H groups in total. The molecule has 4 rings (SSSR count). The molecular formula is C21H21ClN6. The molecular weight excluding hydrogens is 372 g/mol. The number of benzene rings is 2. The molecule has 4 aromatic rings. The summed E-state index contributed by atoms with van der Waals surface area (Å²) in [5, 5.41) is 15.0. The lowest BCUT2D eigenvalue weighted by molar-refractivity contribution is 0.735. The van der Waals surface area contributed by atoms with Crippen LogP contribution in [0.2, 0.25) is 5.15 Å². The van der Waals surface area contributed by atoms with Gasteiger partial charge in [-0.05, 0) is 41.8 Å². The SMILES string of the molecule is CCCCc1nc(Cl)c(C)n1-c1ccc(-c2ccccc2-c2nn[nH]n2)cc1. The van der Waals surface area contributed by atoms with Crippen molar-refractivity contribution in [3.05, 3.63) is 65.2 Å². The third-order valence-electron chi connectivity index (χ3n) is 4.82. The quantitative estimate of drug-likeness (QED) is 0.499. The Morgan fingerprint density at radius 2 is 1.79 bits per heavy atom. The Kier molecular flexibility index (Phi) is 5.21. The molecule has 0 spiro atoms. The molecule has 6 nitrogen and oxygen atoms in total. The smallest absolute Gasteiger partial charge is 0.205 e. The molecule has 2 aromatic heterocycles. The number of aromatic amines is 1. The molecule has 0 aliphatic carbocycles. The summed E-state index contributed by atoms with van der Waals surface area (Å²) in [6, 6.07) is 16.4. The van der Waals surface area contributed by atoms with Gasteiger partial charge in [0.2, 0.25) is 5.82 Å². The van der Waals surface area contributed by atoms with Gasteiger partial charge in [-0.3, -0.25) is 4.57 Å². The van der Waals surface area contributed by atoms with Crippen molar-refractivity contribution in [1.82, 2.24) is 30.2 Å². The molecule has 142 valence electrons. The molecule has 0 bridgehead atoms. The van der Waals surface area contributed by atoms with E-state index in [1.807, 2.05) is 25.1 Å². The standard InChI is InChI=1S/C21H21ClN6/c1-3-4-9-19-23-20(22)14(2)28(19)16-12-10-15(11-13-16)17-7-5-6-8-18(17)21-24-26-27-25-21/h5-8,10-13H,3-4,9H2,1-2H3,(H,24,25,26,27). The highest BCUT2D eigenvalue weighted by Gasteiger charge is 2.15. The van der Waals surface area contributed by atoms with Crippen LogP contribution < -0.4 is 0 Å². The van der Waals surface area contributed by atoms with Crippen molar-refractivity contribution >= 4 is 11.6 Å². The number of tetrazole rings is 1. The molecule has 2 aromatic carbocycles. The van der Waals surface area contributed by atoms with Crippen LogP contribution in [0.15, 0.2) is 48.5 Å². The topological polar surface area (TPSA) is 72.3 Å². The Balaban J connectivity index is 1.72. The first kappa shape index (κ1) is 18.4. The van der Waals surface area contributed by atoms with E-state index in [0.717, 1.165) is 53.2 Å². The van der Waals surface area contributed by atoms with Gasteiger partial charge in [0.15, 0.2) is 5.15 Å². The number of imidazole rings is 1. The maximum absolute atomic E-state index is 6.31. The highest BCUT2D eigenvalue weighted by molar-refractivity contribution is 6.30. The zero-order chi connectivity index (χ0) is 19.5. The molecule has 0 aliphatic heterocycles. The number of nitrogens with one attached hydrogen (secondary N) is 1. The van der Waals surface area contributed by atoms with Gasteiger partial charge in [-0.15, -0.1) is 10.2 Å². The van der Waals surface area contributed by atoms with E-state index < -0.39 is 0 Å². The zero-order valence-electron chi connectivity index (χ0n) is 15.9. The van der Waals surface area contributed by atoms with Gasteiger partial charge in [0.1, 0.15) is 5.82 Å². The molecule has 0 saturated carbocycles. The maximum atomic E-state index is 6.31. The van der Waals surface area contributed by atoms with Crippen LogP contribution >= 0.6 is 11.6 Å². The minimum atomic E-state index is 0.567. The second-order valence-corrected chi connectivity index (χ2v) is 7.03. The molecule has 0 aliphatic rings. The van der Waals surface area contributed by atoms with Gasteiger partial charge in [0, 0.05) is 17.7 Å². The number of aryl methyl sites for hydroxylation is 1. The van der Waals surface area contributed by atoms with E-state index >= 15 is 0 Å². The summed E-state index contributed by atoms with van der Waals surface area (Å²) in [6.45, 7) is 4.18. The van der Waals surface area contributed by atoms with E-state index in [9.17, 15) is 0 Å². The summed E-state index contributed by atoms with van der Waals surface area (Å²) in [7, 11) is 0. The largest absolute Gasteiger partial charge is 0.299 e. The van der Waals surface area contributed by atoms with E-state index in [1.165, 1.54) is 0 Å². The van der Waals surface area contributed by atoms with Gasteiger partial charge in [-0.25, -0.2) is 4.98 Å². The summed E-state index contributed by atoms with van der Waals surface area (Å²) in [4.78, 5) is 4.55. The van der Waals surface area contributed by atoms with Crippen LogP contribution in [-0.4, -0.2) is 30.2 Å². The summed E-state index contributed by atoms with van der Waals surface area (Å²) < 4.78 is 2.15. The number of unbranched alkanes of at least 4 members (excludes halogenated alkanes) is 1. The van der Waals surface area contributed by atoms with E-state index in [1.54, 1.807) is 0 Å². The fourth-order valence-electron chi connectivity index (χ4n) is 3.37. The number of hydrogen-bond acceptors (Lipinski definition) is 4. The van der Waals surface area contributed by atoms with Gasteiger partial charge < -0.3 is 0 Å². The van der Waals surface area contributed by atoms with E-state index in [2.05, 4.69) is 67.4 Å². The molecule has 0 fully saturated rings. The maximum Gasteiger partial charge on any atom is 0.205 e. The van der Waals surface area contributed by atoms with E-state index in [4.69, 9.17) is 11.6 Å². The minimum Gasteiger partial charge on any atom is -0.299 e. The van der Waals surface area contributed by atoms with Crippen LogP contribution in [0.1, 0.15) is 31.3 Å². The number of H-pyrrole nitrogens is 1. The Labute approximate surface area is 168 Å². The first-order valence-corrected chi connectivity index (χ1v) is 9.74. The van der Waals surface area contributed by atoms with Crippen LogP contribution in [0.3, 0.4) is 0 Å². The van der Waals surface area contributed by atoms with Crippen LogP contribution in [0.25, 0.3) is 28.2 Å². The van der Waals surface area contributed by atoms with Crippen molar-refractivity contribution in [2.24, 2.45) is 0 Å². The predicted octanol–water partition coefficient (Wildman–Crippen LogP) is 5.02. The number of halogens is 1. The molecule has 0 saturated heterocycles. The molecule has 0 unspecified atom stereocenters. The van der Waals surface area contributed by atoms with Crippen LogP contribution in [0, 0.1) is 6.92 Å². The highest BCUT2D eigenvalue weighted by Crippen LogP contribution is 2.31. The van der Waals surface area contributed by atoms with Gasteiger partial charge in [0.25, 0.3) is 0 Å². The van der Waals surface area contributed by atoms with Crippen molar-refractivity contribution in [3.63, 3.8) is 0 Å². The van der Waals surface area contributed by atoms with Crippen molar-refractivity contribution in [2.75, 3.05) is 0 Å². The first-order valence-electron chi connectivity index (χ1n) is 9.36. The molecule has 28 heavy (non-hydrogen) atoms. The predicted molar refractivity (Wildman–Crippen MR) is 111 cm³/mol. The Morgan fingerprint density at radius 1 is 1.04 bits per heavy atom. The fraction of sp³-hybridized carbons (Fsp3) is 0.238. The summed E-state index contributed by atoms with van der Waals surface area (Å²) in [6.07, 6.45) is 3.12. The normalized spacial score (nSPS) is 11.1. The van der Waals surface area contributed by atoms with Gasteiger partial charge >= 0.3 is 0 Å². The first-order chi connectivity index (χ1) is 13.7. The fourth-order valence-corrected chi connectivity index (χ4v) is 3.55. The molecule has 0 amide bonds. The number of aromatic nitrogens is 6. The van der Waals surface area contributed by atoms with Gasteiger partial charge in [-0.1, -0.05) is 61.3 Å². The molecule has 7 heteroatoms. The summed E-state index contributed by atoms with van der Waals surface area (Å²) >= 11 is 6.31.